The Balaban J connectivity index is 1.60. The number of likely N-dealkylation sites (tertiary alicyclic amines) is 1. The Labute approximate surface area is 187 Å². The number of nitrogens with two attached hydrogens (primary N) is 1. The molecular formula is C25H27N5O2. The van der Waals surface area contributed by atoms with Crippen molar-refractivity contribution in [1.29, 1.82) is 0 Å². The van der Waals surface area contributed by atoms with Gasteiger partial charge in [-0.2, -0.15) is 0 Å². The molecule has 3 heterocycles. The molecule has 1 atom stereocenters. The van der Waals surface area contributed by atoms with Gasteiger partial charge in [-0.1, -0.05) is 18.2 Å². The first-order valence-electron chi connectivity index (χ1n) is 10.9. The lowest BCUT2D eigenvalue weighted by molar-refractivity contribution is 0.0708. The van der Waals surface area contributed by atoms with Crippen LogP contribution in [0.15, 0.2) is 60.8 Å². The summed E-state index contributed by atoms with van der Waals surface area (Å²) in [7, 11) is 3.60. The number of benzene rings is 2. The number of amides is 1. The standard InChI is InChI=1S/C25H27N5O2/c1-28-23-20(27-24(28)21-11-7-13-30(21)19-9-4-3-5-10-19)14-17(15-22(23)32-2)25(31)29-12-6-8-18(26)16-29/h3-5,7,9-11,13-15,18H,6,8,12,16,26H2,1-2H3/t18-/m1/s1. The van der Waals surface area contributed by atoms with E-state index in [2.05, 4.69) is 16.7 Å². The van der Waals surface area contributed by atoms with E-state index in [0.717, 1.165) is 47.6 Å². The molecule has 32 heavy (non-hydrogen) atoms. The molecule has 2 N–H and O–H groups in total. The van der Waals surface area contributed by atoms with E-state index in [1.165, 1.54) is 0 Å². The molecule has 0 aliphatic carbocycles. The minimum atomic E-state index is -0.0276. The molecule has 7 heteroatoms. The van der Waals surface area contributed by atoms with E-state index in [-0.39, 0.29) is 11.9 Å². The van der Waals surface area contributed by atoms with Crippen LogP contribution in [0.2, 0.25) is 0 Å². The number of hydrogen-bond donors (Lipinski definition) is 1. The average molecular weight is 430 g/mol. The van der Waals surface area contributed by atoms with E-state index < -0.39 is 0 Å². The molecule has 5 rings (SSSR count). The first-order valence-corrected chi connectivity index (χ1v) is 10.9. The summed E-state index contributed by atoms with van der Waals surface area (Å²) >= 11 is 0. The zero-order valence-corrected chi connectivity index (χ0v) is 18.4. The number of aromatic nitrogens is 3. The van der Waals surface area contributed by atoms with Gasteiger partial charge in [-0.15, -0.1) is 0 Å². The molecule has 2 aromatic heterocycles. The predicted molar refractivity (Wildman–Crippen MR) is 125 cm³/mol. The van der Waals surface area contributed by atoms with Crippen molar-refractivity contribution < 1.29 is 9.53 Å². The van der Waals surface area contributed by atoms with Gasteiger partial charge in [0.1, 0.15) is 11.3 Å². The average Bonchev–Trinajstić information content (AvgIpc) is 3.43. The second-order valence-electron chi connectivity index (χ2n) is 8.29. The van der Waals surface area contributed by atoms with Crippen LogP contribution in [0.1, 0.15) is 23.2 Å². The lowest BCUT2D eigenvalue weighted by atomic mass is 10.0. The molecule has 4 aromatic rings. The van der Waals surface area contributed by atoms with E-state index in [4.69, 9.17) is 15.5 Å². The fourth-order valence-electron chi connectivity index (χ4n) is 4.57. The Morgan fingerprint density at radius 3 is 2.72 bits per heavy atom. The van der Waals surface area contributed by atoms with Crippen LogP contribution in [-0.4, -0.2) is 51.2 Å². The number of para-hydroxylation sites is 1. The van der Waals surface area contributed by atoms with E-state index in [1.807, 2.05) is 65.2 Å². The van der Waals surface area contributed by atoms with Crippen molar-refractivity contribution in [2.75, 3.05) is 20.2 Å². The predicted octanol–water partition coefficient (Wildman–Crippen LogP) is 3.60. The molecule has 0 saturated carbocycles. The van der Waals surface area contributed by atoms with E-state index in [0.29, 0.717) is 17.9 Å². The van der Waals surface area contributed by atoms with Gasteiger partial charge in [0, 0.05) is 43.6 Å². The summed E-state index contributed by atoms with van der Waals surface area (Å²) in [5.41, 5.74) is 10.3. The molecule has 0 spiro atoms. The highest BCUT2D eigenvalue weighted by Gasteiger charge is 2.25. The smallest absolute Gasteiger partial charge is 0.254 e. The van der Waals surface area contributed by atoms with Crippen molar-refractivity contribution >= 4 is 16.9 Å². The summed E-state index contributed by atoms with van der Waals surface area (Å²) in [5.74, 6) is 1.41. The largest absolute Gasteiger partial charge is 0.494 e. The molecule has 1 amide bonds. The topological polar surface area (TPSA) is 78.3 Å². The van der Waals surface area contributed by atoms with E-state index in [1.54, 1.807) is 7.11 Å². The van der Waals surface area contributed by atoms with Crippen molar-refractivity contribution in [1.82, 2.24) is 19.0 Å². The molecule has 0 bridgehead atoms. The Bertz CT molecular complexity index is 1270. The van der Waals surface area contributed by atoms with Crippen molar-refractivity contribution in [3.05, 3.63) is 66.4 Å². The van der Waals surface area contributed by atoms with Gasteiger partial charge in [-0.3, -0.25) is 4.79 Å². The van der Waals surface area contributed by atoms with Crippen LogP contribution in [0.3, 0.4) is 0 Å². The maximum Gasteiger partial charge on any atom is 0.254 e. The fraction of sp³-hybridized carbons (Fsp3) is 0.280. The first kappa shape index (κ1) is 20.3. The summed E-state index contributed by atoms with van der Waals surface area (Å²) in [6.07, 6.45) is 3.91. The quantitative estimate of drug-likeness (QED) is 0.538. The van der Waals surface area contributed by atoms with Gasteiger partial charge in [0.15, 0.2) is 5.82 Å². The summed E-state index contributed by atoms with van der Waals surface area (Å²) < 4.78 is 9.82. The minimum absolute atomic E-state index is 0.0276. The number of piperidine rings is 1. The summed E-state index contributed by atoms with van der Waals surface area (Å²) in [5, 5.41) is 0. The van der Waals surface area contributed by atoms with Crippen LogP contribution >= 0.6 is 0 Å². The van der Waals surface area contributed by atoms with Gasteiger partial charge >= 0.3 is 0 Å². The number of rotatable bonds is 4. The Morgan fingerprint density at radius 2 is 1.97 bits per heavy atom. The number of carbonyl (C=O) groups excluding carboxylic acids is 1. The number of methoxy groups -OCH3 is 1. The number of ether oxygens (including phenoxy) is 1. The Kier molecular flexibility index (Phi) is 5.19. The molecule has 2 aromatic carbocycles. The van der Waals surface area contributed by atoms with Crippen LogP contribution in [0, 0.1) is 0 Å². The Morgan fingerprint density at radius 1 is 1.16 bits per heavy atom. The van der Waals surface area contributed by atoms with Crippen LogP contribution in [-0.2, 0) is 7.05 Å². The first-order chi connectivity index (χ1) is 15.6. The van der Waals surface area contributed by atoms with E-state index >= 15 is 0 Å². The molecule has 1 fully saturated rings. The van der Waals surface area contributed by atoms with Crippen LogP contribution in [0.5, 0.6) is 5.75 Å². The number of carbonyl (C=O) groups is 1. The highest BCUT2D eigenvalue weighted by Crippen LogP contribution is 2.33. The molecular weight excluding hydrogens is 402 g/mol. The van der Waals surface area contributed by atoms with Crippen LogP contribution in [0.25, 0.3) is 28.2 Å². The SMILES string of the molecule is COc1cc(C(=O)N2CCC[C@@H](N)C2)cc2nc(-c3cccn3-c3ccccc3)n(C)c12. The zero-order valence-electron chi connectivity index (χ0n) is 18.4. The van der Waals surface area contributed by atoms with Crippen molar-refractivity contribution in [3.63, 3.8) is 0 Å². The number of nitrogens with zero attached hydrogens (tertiary/aromatic N) is 4. The molecule has 1 saturated heterocycles. The van der Waals surface area contributed by atoms with E-state index in [9.17, 15) is 4.79 Å². The molecule has 0 radical (unpaired) electrons. The normalized spacial score (nSPS) is 16.5. The molecule has 0 unspecified atom stereocenters. The molecule has 1 aliphatic heterocycles. The minimum Gasteiger partial charge on any atom is -0.494 e. The van der Waals surface area contributed by atoms with Crippen LogP contribution in [0.4, 0.5) is 0 Å². The van der Waals surface area contributed by atoms with Gasteiger partial charge in [-0.05, 0) is 49.2 Å². The highest BCUT2D eigenvalue weighted by atomic mass is 16.5. The second kappa shape index (κ2) is 8.16. The zero-order chi connectivity index (χ0) is 22.2. The van der Waals surface area contributed by atoms with Crippen LogP contribution < -0.4 is 10.5 Å². The van der Waals surface area contributed by atoms with Gasteiger partial charge < -0.3 is 24.5 Å². The highest BCUT2D eigenvalue weighted by molar-refractivity contribution is 6.00. The maximum atomic E-state index is 13.2. The number of hydrogen-bond acceptors (Lipinski definition) is 4. The molecule has 7 nitrogen and oxygen atoms in total. The lowest BCUT2D eigenvalue weighted by Crippen LogP contribution is -2.45. The van der Waals surface area contributed by atoms with Gasteiger partial charge in [0.05, 0.1) is 18.3 Å². The van der Waals surface area contributed by atoms with Gasteiger partial charge in [0.2, 0.25) is 0 Å². The molecule has 1 aliphatic rings. The van der Waals surface area contributed by atoms with Gasteiger partial charge in [-0.25, -0.2) is 4.98 Å². The number of aryl methyl sites for hydroxylation is 1. The lowest BCUT2D eigenvalue weighted by Gasteiger charge is -2.30. The number of fused-ring (bicyclic) bond motifs is 1. The fourth-order valence-corrected chi connectivity index (χ4v) is 4.57. The summed E-state index contributed by atoms with van der Waals surface area (Å²) in [6, 6.07) is 17.9. The number of imidazole rings is 1. The van der Waals surface area contributed by atoms with Crippen molar-refractivity contribution in [2.24, 2.45) is 12.8 Å². The summed E-state index contributed by atoms with van der Waals surface area (Å²) in [6.45, 7) is 1.31. The van der Waals surface area contributed by atoms with Gasteiger partial charge in [0.25, 0.3) is 5.91 Å². The third kappa shape index (κ3) is 3.44. The monoisotopic (exact) mass is 429 g/mol. The third-order valence-electron chi connectivity index (χ3n) is 6.16. The Hall–Kier alpha value is -3.58. The van der Waals surface area contributed by atoms with Crippen molar-refractivity contribution in [2.45, 2.75) is 18.9 Å². The van der Waals surface area contributed by atoms with Crippen molar-refractivity contribution in [3.8, 4) is 23.0 Å². The third-order valence-corrected chi connectivity index (χ3v) is 6.16. The molecule has 164 valence electrons. The maximum absolute atomic E-state index is 13.2. The second-order valence-corrected chi connectivity index (χ2v) is 8.29. The summed E-state index contributed by atoms with van der Waals surface area (Å²) in [4.78, 5) is 19.9.